The number of methoxy groups -OCH3 is 1. The molecule has 0 aromatic heterocycles. The van der Waals surface area contributed by atoms with Gasteiger partial charge in [-0.05, 0) is 41.5 Å². The van der Waals surface area contributed by atoms with Crippen molar-refractivity contribution in [3.05, 3.63) is 83.2 Å². The summed E-state index contributed by atoms with van der Waals surface area (Å²) in [5, 5.41) is 0. The fraction of sp³-hybridized carbons (Fsp3) is 0.174. The Morgan fingerprint density at radius 2 is 1.70 bits per heavy atom. The van der Waals surface area contributed by atoms with Gasteiger partial charge in [-0.1, -0.05) is 12.1 Å². The molecule has 0 fully saturated rings. The van der Waals surface area contributed by atoms with Crippen molar-refractivity contribution in [2.75, 3.05) is 18.6 Å². The number of benzene rings is 3. The number of halogens is 3. The van der Waals surface area contributed by atoms with E-state index in [2.05, 4.69) is 0 Å². The topological polar surface area (TPSA) is 38.8 Å². The predicted octanol–water partition coefficient (Wildman–Crippen LogP) is 4.84. The highest BCUT2D eigenvalue weighted by atomic mass is 19.1. The fourth-order valence-electron chi connectivity index (χ4n) is 3.53. The fourth-order valence-corrected chi connectivity index (χ4v) is 3.53. The minimum atomic E-state index is -0.714. The molecule has 0 N–H and O–H groups in total. The average molecular weight is 413 g/mol. The molecular weight excluding hydrogens is 395 g/mol. The van der Waals surface area contributed by atoms with Crippen LogP contribution in [-0.4, -0.2) is 19.6 Å². The van der Waals surface area contributed by atoms with E-state index in [0.717, 1.165) is 11.6 Å². The zero-order valence-corrected chi connectivity index (χ0v) is 16.1. The van der Waals surface area contributed by atoms with Crippen molar-refractivity contribution < 1.29 is 27.4 Å². The molecule has 1 amide bonds. The van der Waals surface area contributed by atoms with Crippen LogP contribution in [0.1, 0.15) is 11.1 Å². The lowest BCUT2D eigenvalue weighted by Gasteiger charge is -2.23. The van der Waals surface area contributed by atoms with E-state index in [1.54, 1.807) is 12.1 Å². The number of ether oxygens (including phenoxy) is 2. The van der Waals surface area contributed by atoms with Gasteiger partial charge >= 0.3 is 0 Å². The normalized spacial score (nSPS) is 13.7. The van der Waals surface area contributed by atoms with E-state index < -0.39 is 17.5 Å². The van der Waals surface area contributed by atoms with Crippen LogP contribution < -0.4 is 9.64 Å². The molecule has 3 aromatic carbocycles. The van der Waals surface area contributed by atoms with E-state index >= 15 is 0 Å². The molecule has 0 radical (unpaired) electrons. The molecule has 0 spiro atoms. The maximum absolute atomic E-state index is 13.6. The summed E-state index contributed by atoms with van der Waals surface area (Å²) in [5.74, 6) is -1.84. The average Bonchev–Trinajstić information content (AvgIpc) is 2.86. The number of fused-ring (bicyclic) bond motifs is 1. The van der Waals surface area contributed by atoms with E-state index in [-0.39, 0.29) is 25.7 Å². The third kappa shape index (κ3) is 4.02. The quantitative estimate of drug-likeness (QED) is 0.614. The van der Waals surface area contributed by atoms with Gasteiger partial charge in [-0.25, -0.2) is 13.2 Å². The molecule has 0 unspecified atom stereocenters. The molecule has 4 rings (SSSR count). The molecule has 0 saturated heterocycles. The molecule has 7 heteroatoms. The molecule has 0 atom stereocenters. The van der Waals surface area contributed by atoms with Crippen LogP contribution in [0.25, 0.3) is 11.1 Å². The number of nitrogens with zero attached hydrogens (tertiary/aromatic N) is 1. The lowest BCUT2D eigenvalue weighted by molar-refractivity contribution is -0.123. The maximum Gasteiger partial charge on any atom is 0.253 e. The Kier molecular flexibility index (Phi) is 5.46. The van der Waals surface area contributed by atoms with Crippen LogP contribution in [0.5, 0.6) is 5.75 Å². The zero-order valence-electron chi connectivity index (χ0n) is 16.1. The van der Waals surface area contributed by atoms with Crippen LogP contribution in [0.3, 0.4) is 0 Å². The largest absolute Gasteiger partial charge is 0.496 e. The highest BCUT2D eigenvalue weighted by molar-refractivity contribution is 5.96. The molecule has 0 aliphatic carbocycles. The SMILES string of the molecule is COc1cc(F)ccc1-c1ccc2c(c1)N(Cc1cc(F)cc(F)c1)C(=O)COC2. The smallest absolute Gasteiger partial charge is 0.253 e. The molecule has 154 valence electrons. The number of hydrogen-bond donors (Lipinski definition) is 0. The van der Waals surface area contributed by atoms with Crippen molar-refractivity contribution in [1.82, 2.24) is 0 Å². The van der Waals surface area contributed by atoms with Gasteiger partial charge in [0, 0.05) is 23.3 Å². The summed E-state index contributed by atoms with van der Waals surface area (Å²) >= 11 is 0. The Balaban J connectivity index is 1.79. The van der Waals surface area contributed by atoms with Crippen LogP contribution >= 0.6 is 0 Å². The number of rotatable bonds is 4. The molecule has 3 aromatic rings. The number of carbonyl (C=O) groups excluding carboxylic acids is 1. The van der Waals surface area contributed by atoms with Gasteiger partial charge in [0.2, 0.25) is 0 Å². The third-order valence-corrected chi connectivity index (χ3v) is 4.90. The second-order valence-electron chi connectivity index (χ2n) is 6.94. The van der Waals surface area contributed by atoms with Gasteiger partial charge in [0.1, 0.15) is 29.8 Å². The third-order valence-electron chi connectivity index (χ3n) is 4.90. The first-order valence-electron chi connectivity index (χ1n) is 9.24. The second-order valence-corrected chi connectivity index (χ2v) is 6.94. The first-order valence-corrected chi connectivity index (χ1v) is 9.24. The van der Waals surface area contributed by atoms with Crippen molar-refractivity contribution in [3.8, 4) is 16.9 Å². The summed E-state index contributed by atoms with van der Waals surface area (Å²) in [4.78, 5) is 14.1. The molecule has 1 heterocycles. The highest BCUT2D eigenvalue weighted by Crippen LogP contribution is 2.36. The number of anilines is 1. The molecule has 1 aliphatic heterocycles. The van der Waals surface area contributed by atoms with Crippen LogP contribution in [0, 0.1) is 17.5 Å². The molecular formula is C23H18F3NO3. The van der Waals surface area contributed by atoms with E-state index in [1.807, 2.05) is 12.1 Å². The van der Waals surface area contributed by atoms with Gasteiger partial charge in [0.05, 0.1) is 25.9 Å². The summed E-state index contributed by atoms with van der Waals surface area (Å²) in [7, 11) is 1.45. The Hall–Kier alpha value is -3.32. The molecule has 0 saturated carbocycles. The first kappa shape index (κ1) is 20.0. The van der Waals surface area contributed by atoms with Crippen LogP contribution in [0.4, 0.5) is 18.9 Å². The van der Waals surface area contributed by atoms with E-state index in [9.17, 15) is 18.0 Å². The lowest BCUT2D eigenvalue weighted by atomic mass is 10.0. The van der Waals surface area contributed by atoms with Gasteiger partial charge in [0.15, 0.2) is 0 Å². The number of carbonyl (C=O) groups is 1. The minimum absolute atomic E-state index is 0.0200. The minimum Gasteiger partial charge on any atom is -0.496 e. The highest BCUT2D eigenvalue weighted by Gasteiger charge is 2.24. The Morgan fingerprint density at radius 3 is 2.43 bits per heavy atom. The van der Waals surface area contributed by atoms with Gasteiger partial charge in [0.25, 0.3) is 5.91 Å². The lowest BCUT2D eigenvalue weighted by Crippen LogP contribution is -2.32. The Morgan fingerprint density at radius 1 is 0.933 bits per heavy atom. The number of amides is 1. The zero-order chi connectivity index (χ0) is 21.3. The van der Waals surface area contributed by atoms with Crippen LogP contribution in [-0.2, 0) is 22.7 Å². The van der Waals surface area contributed by atoms with Gasteiger partial charge < -0.3 is 14.4 Å². The summed E-state index contributed by atoms with van der Waals surface area (Å²) in [6, 6.07) is 12.8. The van der Waals surface area contributed by atoms with Crippen molar-refractivity contribution in [3.63, 3.8) is 0 Å². The Labute approximate surface area is 171 Å². The van der Waals surface area contributed by atoms with Crippen LogP contribution in [0.15, 0.2) is 54.6 Å². The predicted molar refractivity (Wildman–Crippen MR) is 106 cm³/mol. The van der Waals surface area contributed by atoms with Crippen molar-refractivity contribution >= 4 is 11.6 Å². The summed E-state index contributed by atoms with van der Waals surface area (Å²) in [6.07, 6.45) is 0. The van der Waals surface area contributed by atoms with Crippen molar-refractivity contribution in [1.29, 1.82) is 0 Å². The first-order chi connectivity index (χ1) is 14.4. The van der Waals surface area contributed by atoms with Crippen molar-refractivity contribution in [2.45, 2.75) is 13.2 Å². The second kappa shape index (κ2) is 8.20. The standard InChI is InChI=1S/C23H18F3NO3/c1-29-22-10-17(24)4-5-20(22)15-2-3-16-12-30-13-23(28)27(21(16)8-15)11-14-6-18(25)9-19(26)7-14/h2-10H,11-13H2,1H3. The van der Waals surface area contributed by atoms with Gasteiger partial charge in [-0.15, -0.1) is 0 Å². The molecule has 4 nitrogen and oxygen atoms in total. The number of hydrogen-bond acceptors (Lipinski definition) is 3. The summed E-state index contributed by atoms with van der Waals surface area (Å²) < 4.78 is 51.6. The van der Waals surface area contributed by atoms with Crippen LogP contribution in [0.2, 0.25) is 0 Å². The monoisotopic (exact) mass is 413 g/mol. The van der Waals surface area contributed by atoms with E-state index in [4.69, 9.17) is 9.47 Å². The van der Waals surface area contributed by atoms with Gasteiger partial charge in [-0.2, -0.15) is 0 Å². The summed E-state index contributed by atoms with van der Waals surface area (Å²) in [5.41, 5.74) is 2.99. The van der Waals surface area contributed by atoms with E-state index in [0.29, 0.717) is 28.1 Å². The molecule has 30 heavy (non-hydrogen) atoms. The molecule has 1 aliphatic rings. The molecule has 0 bridgehead atoms. The van der Waals surface area contributed by atoms with Gasteiger partial charge in [-0.3, -0.25) is 4.79 Å². The summed E-state index contributed by atoms with van der Waals surface area (Å²) in [6.45, 7) is 0.0471. The Bertz CT molecular complexity index is 1100. The van der Waals surface area contributed by atoms with E-state index in [1.165, 1.54) is 36.3 Å². The van der Waals surface area contributed by atoms with Crippen molar-refractivity contribution in [2.24, 2.45) is 0 Å². The maximum atomic E-state index is 13.6.